The highest BCUT2D eigenvalue weighted by Gasteiger charge is 2.23. The Kier molecular flexibility index (Phi) is 2.33. The number of halogens is 1. The molecule has 2 rings (SSSR count). The van der Waals surface area contributed by atoms with Crippen molar-refractivity contribution < 1.29 is 4.79 Å². The van der Waals surface area contributed by atoms with Gasteiger partial charge in [-0.2, -0.15) is 0 Å². The molecule has 0 heterocycles. The Morgan fingerprint density at radius 1 is 1.50 bits per heavy atom. The van der Waals surface area contributed by atoms with Gasteiger partial charge in [-0.1, -0.05) is 6.07 Å². The fourth-order valence-corrected chi connectivity index (χ4v) is 2.64. The van der Waals surface area contributed by atoms with Crippen LogP contribution in [0.2, 0.25) is 0 Å². The van der Waals surface area contributed by atoms with Crippen LogP contribution in [0.4, 0.5) is 0 Å². The quantitative estimate of drug-likeness (QED) is 0.798. The molecular formula is C10H11BrN2O. The van der Waals surface area contributed by atoms with Crippen LogP contribution in [0.3, 0.4) is 0 Å². The van der Waals surface area contributed by atoms with Crippen LogP contribution in [0.15, 0.2) is 16.6 Å². The van der Waals surface area contributed by atoms with Crippen LogP contribution in [0.25, 0.3) is 0 Å². The van der Waals surface area contributed by atoms with E-state index in [2.05, 4.69) is 15.9 Å². The molecule has 0 spiro atoms. The molecule has 4 heteroatoms. The number of carbonyl (C=O) groups is 1. The SMILES string of the molecule is NC(=O)c1ccc2c(c1Br)CCC2N. The van der Waals surface area contributed by atoms with Crippen LogP contribution in [-0.2, 0) is 6.42 Å². The number of primary amides is 1. The molecule has 1 amide bonds. The van der Waals surface area contributed by atoms with E-state index in [1.54, 1.807) is 6.07 Å². The van der Waals surface area contributed by atoms with Crippen LogP contribution < -0.4 is 11.5 Å². The average Bonchev–Trinajstić information content (AvgIpc) is 2.49. The molecule has 0 saturated heterocycles. The Hall–Kier alpha value is -0.870. The summed E-state index contributed by atoms with van der Waals surface area (Å²) in [4.78, 5) is 11.1. The first-order valence-electron chi connectivity index (χ1n) is 4.48. The van der Waals surface area contributed by atoms with Crippen LogP contribution >= 0.6 is 15.9 Å². The zero-order chi connectivity index (χ0) is 10.3. The summed E-state index contributed by atoms with van der Waals surface area (Å²) in [5, 5.41) is 0. The topological polar surface area (TPSA) is 69.1 Å². The summed E-state index contributed by atoms with van der Waals surface area (Å²) < 4.78 is 0.815. The van der Waals surface area contributed by atoms with Gasteiger partial charge in [-0.05, 0) is 46.0 Å². The summed E-state index contributed by atoms with van der Waals surface area (Å²) in [7, 11) is 0. The normalized spacial score (nSPS) is 19.4. The lowest BCUT2D eigenvalue weighted by molar-refractivity contribution is 0.0999. The largest absolute Gasteiger partial charge is 0.366 e. The van der Waals surface area contributed by atoms with E-state index in [1.807, 2.05) is 6.07 Å². The molecular weight excluding hydrogens is 244 g/mol. The predicted octanol–water partition coefficient (Wildman–Crippen LogP) is 1.49. The van der Waals surface area contributed by atoms with Crippen LogP contribution in [-0.4, -0.2) is 5.91 Å². The number of hydrogen-bond acceptors (Lipinski definition) is 2. The Morgan fingerprint density at radius 2 is 2.21 bits per heavy atom. The number of nitrogens with two attached hydrogens (primary N) is 2. The molecule has 14 heavy (non-hydrogen) atoms. The van der Waals surface area contributed by atoms with E-state index in [1.165, 1.54) is 0 Å². The second-order valence-corrected chi connectivity index (χ2v) is 4.30. The van der Waals surface area contributed by atoms with Gasteiger partial charge in [-0.3, -0.25) is 4.79 Å². The second kappa shape index (κ2) is 3.37. The molecule has 1 aromatic carbocycles. The number of fused-ring (bicyclic) bond motifs is 1. The Balaban J connectivity index is 2.58. The molecule has 1 unspecified atom stereocenters. The maximum atomic E-state index is 11.1. The van der Waals surface area contributed by atoms with Gasteiger partial charge in [0.15, 0.2) is 0 Å². The highest BCUT2D eigenvalue weighted by atomic mass is 79.9. The van der Waals surface area contributed by atoms with Crippen molar-refractivity contribution in [2.24, 2.45) is 11.5 Å². The molecule has 0 bridgehead atoms. The number of rotatable bonds is 1. The Labute approximate surface area is 90.6 Å². The van der Waals surface area contributed by atoms with Gasteiger partial charge >= 0.3 is 0 Å². The van der Waals surface area contributed by atoms with Gasteiger partial charge in [-0.15, -0.1) is 0 Å². The summed E-state index contributed by atoms with van der Waals surface area (Å²) in [5.41, 5.74) is 13.9. The minimum atomic E-state index is -0.403. The molecule has 1 aliphatic rings. The third-order valence-electron chi connectivity index (χ3n) is 2.65. The standard InChI is InChI=1S/C10H11BrN2O/c11-9-6-3-4-8(12)5(6)1-2-7(9)10(13)14/h1-2,8H,3-4,12H2,(H2,13,14). The first-order valence-corrected chi connectivity index (χ1v) is 5.27. The van der Waals surface area contributed by atoms with E-state index in [9.17, 15) is 4.79 Å². The summed E-state index contributed by atoms with van der Waals surface area (Å²) in [6.07, 6.45) is 1.86. The molecule has 0 aliphatic heterocycles. The Morgan fingerprint density at radius 3 is 2.86 bits per heavy atom. The van der Waals surface area contributed by atoms with Crippen molar-refractivity contribution in [2.75, 3.05) is 0 Å². The van der Waals surface area contributed by atoms with Gasteiger partial charge in [0, 0.05) is 10.5 Å². The fraction of sp³-hybridized carbons (Fsp3) is 0.300. The van der Waals surface area contributed by atoms with Crippen molar-refractivity contribution in [3.63, 3.8) is 0 Å². The minimum absolute atomic E-state index is 0.100. The molecule has 1 aromatic rings. The lowest BCUT2D eigenvalue weighted by Gasteiger charge is -2.08. The monoisotopic (exact) mass is 254 g/mol. The molecule has 4 N–H and O–H groups in total. The Bertz CT molecular complexity index is 403. The molecule has 1 atom stereocenters. The number of carbonyl (C=O) groups excluding carboxylic acids is 1. The third kappa shape index (κ3) is 1.35. The summed E-state index contributed by atoms with van der Waals surface area (Å²) in [5.74, 6) is -0.403. The van der Waals surface area contributed by atoms with Gasteiger partial charge < -0.3 is 11.5 Å². The maximum absolute atomic E-state index is 11.1. The van der Waals surface area contributed by atoms with E-state index >= 15 is 0 Å². The highest BCUT2D eigenvalue weighted by molar-refractivity contribution is 9.10. The molecule has 0 radical (unpaired) electrons. The van der Waals surface area contributed by atoms with Crippen molar-refractivity contribution in [1.82, 2.24) is 0 Å². The smallest absolute Gasteiger partial charge is 0.249 e. The van der Waals surface area contributed by atoms with E-state index < -0.39 is 5.91 Å². The van der Waals surface area contributed by atoms with Gasteiger partial charge in [0.25, 0.3) is 0 Å². The van der Waals surface area contributed by atoms with Gasteiger partial charge in [0.1, 0.15) is 0 Å². The number of hydrogen-bond donors (Lipinski definition) is 2. The lowest BCUT2D eigenvalue weighted by atomic mass is 10.0. The lowest BCUT2D eigenvalue weighted by Crippen LogP contribution is -2.13. The third-order valence-corrected chi connectivity index (χ3v) is 3.56. The summed E-state index contributed by atoms with van der Waals surface area (Å²) in [6.45, 7) is 0. The van der Waals surface area contributed by atoms with E-state index in [4.69, 9.17) is 11.5 Å². The summed E-state index contributed by atoms with van der Waals surface area (Å²) >= 11 is 3.40. The minimum Gasteiger partial charge on any atom is -0.366 e. The van der Waals surface area contributed by atoms with Gasteiger partial charge in [0.05, 0.1) is 5.56 Å². The molecule has 0 fully saturated rings. The van der Waals surface area contributed by atoms with E-state index in [-0.39, 0.29) is 6.04 Å². The summed E-state index contributed by atoms with van der Waals surface area (Å²) in [6, 6.07) is 3.73. The van der Waals surface area contributed by atoms with Crippen LogP contribution in [0.1, 0.15) is 33.9 Å². The van der Waals surface area contributed by atoms with Crippen molar-refractivity contribution in [3.05, 3.63) is 33.3 Å². The average molecular weight is 255 g/mol. The van der Waals surface area contributed by atoms with Crippen molar-refractivity contribution in [2.45, 2.75) is 18.9 Å². The van der Waals surface area contributed by atoms with Crippen molar-refractivity contribution in [1.29, 1.82) is 0 Å². The van der Waals surface area contributed by atoms with E-state index in [0.29, 0.717) is 5.56 Å². The van der Waals surface area contributed by atoms with Crippen molar-refractivity contribution in [3.8, 4) is 0 Å². The predicted molar refractivity (Wildman–Crippen MR) is 57.9 cm³/mol. The zero-order valence-corrected chi connectivity index (χ0v) is 9.17. The first kappa shape index (κ1) is 9.68. The fourth-order valence-electron chi connectivity index (χ4n) is 1.88. The molecule has 0 saturated carbocycles. The van der Waals surface area contributed by atoms with Crippen molar-refractivity contribution >= 4 is 21.8 Å². The molecule has 1 aliphatic carbocycles. The van der Waals surface area contributed by atoms with Gasteiger partial charge in [0.2, 0.25) is 5.91 Å². The molecule has 0 aromatic heterocycles. The van der Waals surface area contributed by atoms with E-state index in [0.717, 1.165) is 28.4 Å². The van der Waals surface area contributed by atoms with Crippen LogP contribution in [0.5, 0.6) is 0 Å². The van der Waals surface area contributed by atoms with Gasteiger partial charge in [-0.25, -0.2) is 0 Å². The molecule has 74 valence electrons. The first-order chi connectivity index (χ1) is 6.61. The van der Waals surface area contributed by atoms with Crippen LogP contribution in [0, 0.1) is 0 Å². The number of benzene rings is 1. The highest BCUT2D eigenvalue weighted by Crippen LogP contribution is 2.36. The second-order valence-electron chi connectivity index (χ2n) is 3.50. The maximum Gasteiger partial charge on any atom is 0.249 e. The zero-order valence-electron chi connectivity index (χ0n) is 7.59. The molecule has 3 nitrogen and oxygen atoms in total. The number of amides is 1.